The fourth-order valence-electron chi connectivity index (χ4n) is 5.04. The second-order valence-corrected chi connectivity index (χ2v) is 9.91. The van der Waals surface area contributed by atoms with Crippen molar-refractivity contribution in [2.45, 2.75) is 71.1 Å². The average molecular weight is 444 g/mol. The van der Waals surface area contributed by atoms with Crippen LogP contribution in [0.2, 0.25) is 0 Å². The number of likely N-dealkylation sites (tertiary alicyclic amines) is 1. The van der Waals surface area contributed by atoms with Crippen molar-refractivity contribution in [2.75, 3.05) is 37.7 Å². The molecule has 0 aliphatic carbocycles. The van der Waals surface area contributed by atoms with Gasteiger partial charge in [-0.15, -0.1) is 11.3 Å². The number of β-amino-alcohol motifs (C(OH)–C–C–N with tert-alkyl or cyclic N) is 1. The van der Waals surface area contributed by atoms with E-state index >= 15 is 0 Å². The molecule has 2 aromatic rings. The van der Waals surface area contributed by atoms with Crippen LogP contribution in [-0.2, 0) is 29.7 Å². The highest BCUT2D eigenvalue weighted by Crippen LogP contribution is 2.44. The van der Waals surface area contributed by atoms with Crippen LogP contribution >= 0.6 is 11.3 Å². The Morgan fingerprint density at radius 1 is 1.23 bits per heavy atom. The van der Waals surface area contributed by atoms with Crippen LogP contribution in [0.5, 0.6) is 0 Å². The quantitative estimate of drug-likeness (QED) is 0.761. The lowest BCUT2D eigenvalue weighted by Gasteiger charge is -2.44. The smallest absolute Gasteiger partial charge is 0.128 e. The number of aryl methyl sites for hydroxylation is 1. The number of rotatable bonds is 4. The third kappa shape index (κ3) is 4.82. The molecule has 0 radical (unpaired) electrons. The Hall–Kier alpha value is -1.47. The minimum atomic E-state index is -0.212. The Morgan fingerprint density at radius 2 is 2.03 bits per heavy atom. The van der Waals surface area contributed by atoms with E-state index in [4.69, 9.17) is 4.74 Å². The van der Waals surface area contributed by atoms with E-state index in [-0.39, 0.29) is 11.7 Å². The predicted octanol–water partition coefficient (Wildman–Crippen LogP) is 4.37. The van der Waals surface area contributed by atoms with Crippen LogP contribution < -0.4 is 4.90 Å². The summed E-state index contributed by atoms with van der Waals surface area (Å²) >= 11 is 2.00. The Labute approximate surface area is 191 Å². The zero-order valence-electron chi connectivity index (χ0n) is 19.3. The molecule has 1 spiro atoms. The molecule has 1 atom stereocenters. The van der Waals surface area contributed by atoms with E-state index in [9.17, 15) is 5.11 Å². The molecule has 2 saturated heterocycles. The van der Waals surface area contributed by atoms with Crippen LogP contribution in [-0.4, -0.2) is 53.9 Å². The summed E-state index contributed by atoms with van der Waals surface area (Å²) in [6.45, 7) is 11.8. The number of thiophene rings is 1. The molecule has 1 N–H and O–H groups in total. The van der Waals surface area contributed by atoms with Gasteiger partial charge in [0.25, 0.3) is 0 Å². The van der Waals surface area contributed by atoms with Crippen LogP contribution in [0.15, 0.2) is 24.4 Å². The normalized spacial score (nSPS) is 22.8. The summed E-state index contributed by atoms with van der Waals surface area (Å²) in [5.41, 5.74) is 2.70. The highest BCUT2D eigenvalue weighted by molar-refractivity contribution is 7.12. The molecule has 1 unspecified atom stereocenters. The predicted molar refractivity (Wildman–Crippen MR) is 128 cm³/mol. The van der Waals surface area contributed by atoms with Gasteiger partial charge in [-0.3, -0.25) is 4.90 Å². The highest BCUT2D eigenvalue weighted by Gasteiger charge is 2.41. The van der Waals surface area contributed by atoms with Gasteiger partial charge in [0.2, 0.25) is 0 Å². The molecule has 0 bridgehead atoms. The van der Waals surface area contributed by atoms with Crippen LogP contribution in [0.4, 0.5) is 5.82 Å². The summed E-state index contributed by atoms with van der Waals surface area (Å²) in [5.74, 6) is 0.982. The maximum absolute atomic E-state index is 9.73. The van der Waals surface area contributed by atoms with Gasteiger partial charge in [0.1, 0.15) is 5.82 Å². The SMILES string of the molecule is CC.CCc1cc2c(s1)CCOC21CCN(Cc2ccc(N3CCC(O)C3)nc2)CC1. The van der Waals surface area contributed by atoms with E-state index in [0.717, 1.165) is 70.7 Å². The van der Waals surface area contributed by atoms with Crippen LogP contribution in [0.25, 0.3) is 0 Å². The van der Waals surface area contributed by atoms with Gasteiger partial charge in [-0.25, -0.2) is 4.98 Å². The molecule has 5 rings (SSSR count). The van der Waals surface area contributed by atoms with Gasteiger partial charge in [-0.2, -0.15) is 0 Å². The molecular formula is C25H37N3O2S. The minimum absolute atomic E-state index is 0.0489. The monoisotopic (exact) mass is 443 g/mol. The number of piperidine rings is 1. The topological polar surface area (TPSA) is 48.8 Å². The Kier molecular flexibility index (Phi) is 7.32. The van der Waals surface area contributed by atoms with E-state index in [1.165, 1.54) is 16.0 Å². The molecule has 0 aromatic carbocycles. The number of nitrogens with zero attached hydrogens (tertiary/aromatic N) is 3. The molecule has 3 aliphatic heterocycles. The second kappa shape index (κ2) is 9.99. The molecule has 2 aromatic heterocycles. The lowest BCUT2D eigenvalue weighted by Crippen LogP contribution is -2.45. The second-order valence-electron chi connectivity index (χ2n) is 8.69. The zero-order valence-corrected chi connectivity index (χ0v) is 20.1. The Morgan fingerprint density at radius 3 is 2.68 bits per heavy atom. The summed E-state index contributed by atoms with van der Waals surface area (Å²) in [5, 5.41) is 9.73. The first kappa shape index (κ1) is 22.7. The third-order valence-corrected chi connectivity index (χ3v) is 8.11. The van der Waals surface area contributed by atoms with E-state index in [1.54, 1.807) is 4.88 Å². The first-order valence-electron chi connectivity index (χ1n) is 12.0. The maximum atomic E-state index is 9.73. The molecule has 0 amide bonds. The number of aliphatic hydroxyl groups excluding tert-OH is 1. The lowest BCUT2D eigenvalue weighted by atomic mass is 9.82. The molecule has 3 aliphatic rings. The number of fused-ring (bicyclic) bond motifs is 2. The van der Waals surface area contributed by atoms with Crippen LogP contribution in [0, 0.1) is 0 Å². The zero-order chi connectivity index (χ0) is 21.8. The van der Waals surface area contributed by atoms with E-state index in [2.05, 4.69) is 39.9 Å². The van der Waals surface area contributed by atoms with Crippen molar-refractivity contribution in [1.82, 2.24) is 9.88 Å². The largest absolute Gasteiger partial charge is 0.391 e. The minimum Gasteiger partial charge on any atom is -0.391 e. The summed E-state index contributed by atoms with van der Waals surface area (Å²) < 4.78 is 6.41. The summed E-state index contributed by atoms with van der Waals surface area (Å²) in [6, 6.07) is 6.72. The van der Waals surface area contributed by atoms with E-state index in [0.29, 0.717) is 6.54 Å². The van der Waals surface area contributed by atoms with E-state index in [1.807, 2.05) is 31.4 Å². The van der Waals surface area contributed by atoms with Crippen molar-refractivity contribution in [3.63, 3.8) is 0 Å². The van der Waals surface area contributed by atoms with Crippen molar-refractivity contribution < 1.29 is 9.84 Å². The van der Waals surface area contributed by atoms with Crippen molar-refractivity contribution in [1.29, 1.82) is 0 Å². The van der Waals surface area contributed by atoms with Gasteiger partial charge < -0.3 is 14.7 Å². The molecule has 170 valence electrons. The summed E-state index contributed by atoms with van der Waals surface area (Å²) in [4.78, 5) is 12.4. The first-order chi connectivity index (χ1) is 15.1. The average Bonchev–Trinajstić information content (AvgIpc) is 3.44. The molecule has 0 saturated carbocycles. The number of hydrogen-bond donors (Lipinski definition) is 1. The van der Waals surface area contributed by atoms with Crippen molar-refractivity contribution in [3.05, 3.63) is 45.3 Å². The van der Waals surface area contributed by atoms with Crippen molar-refractivity contribution in [2.24, 2.45) is 0 Å². The molecule has 31 heavy (non-hydrogen) atoms. The number of pyridine rings is 1. The summed E-state index contributed by atoms with van der Waals surface area (Å²) in [7, 11) is 0. The fourth-order valence-corrected chi connectivity index (χ4v) is 6.22. The van der Waals surface area contributed by atoms with Gasteiger partial charge in [0, 0.05) is 55.1 Å². The maximum Gasteiger partial charge on any atom is 0.128 e. The number of ether oxygens (including phenoxy) is 1. The third-order valence-electron chi connectivity index (χ3n) is 6.77. The number of aliphatic hydroxyl groups is 1. The van der Waals surface area contributed by atoms with Crippen LogP contribution in [0.1, 0.15) is 60.9 Å². The van der Waals surface area contributed by atoms with Gasteiger partial charge in [-0.05, 0) is 48.9 Å². The molecule has 5 heterocycles. The van der Waals surface area contributed by atoms with Crippen LogP contribution in [0.3, 0.4) is 0 Å². The Bertz CT molecular complexity index is 843. The van der Waals surface area contributed by atoms with Gasteiger partial charge in [0.05, 0.1) is 18.3 Å². The van der Waals surface area contributed by atoms with Gasteiger partial charge >= 0.3 is 0 Å². The molecular weight excluding hydrogens is 406 g/mol. The van der Waals surface area contributed by atoms with Gasteiger partial charge in [-0.1, -0.05) is 26.8 Å². The summed E-state index contributed by atoms with van der Waals surface area (Å²) in [6.07, 6.45) is 7.00. The van der Waals surface area contributed by atoms with Crippen molar-refractivity contribution >= 4 is 17.2 Å². The molecule has 2 fully saturated rings. The fraction of sp³-hybridized carbons (Fsp3) is 0.640. The lowest BCUT2D eigenvalue weighted by molar-refractivity contribution is -0.0981. The highest BCUT2D eigenvalue weighted by atomic mass is 32.1. The molecule has 5 nitrogen and oxygen atoms in total. The molecule has 6 heteroatoms. The van der Waals surface area contributed by atoms with Gasteiger partial charge in [0.15, 0.2) is 0 Å². The number of aromatic nitrogens is 1. The number of anilines is 1. The number of hydrogen-bond acceptors (Lipinski definition) is 6. The first-order valence-corrected chi connectivity index (χ1v) is 12.8. The Balaban J connectivity index is 0.00000112. The van der Waals surface area contributed by atoms with E-state index < -0.39 is 0 Å². The standard InChI is InChI=1S/C23H31N3O2S.C2H6/c1-2-19-13-20-21(29-19)6-12-28-23(20)7-10-25(11-8-23)15-17-3-4-22(24-14-17)26-9-5-18(27)16-26;1-2/h3-4,13-14,18,27H,2,5-12,15-16H2,1H3;1-2H3. The van der Waals surface area contributed by atoms with Crippen molar-refractivity contribution in [3.8, 4) is 0 Å².